The fourth-order valence-corrected chi connectivity index (χ4v) is 3.95. The molecule has 1 aromatic rings. The Balaban J connectivity index is 2.27. The van der Waals surface area contributed by atoms with Crippen LogP contribution < -0.4 is 5.32 Å². The maximum atomic E-state index is 3.70. The standard InChI is InChI=1S/C16H21Br2N/c1-2-8-19-16(12-6-4-3-5-7-12)13-9-14(17)11-15(18)10-13/h6,9-11,16,19H,2-5,7-8H2,1H3. The van der Waals surface area contributed by atoms with Crippen molar-refractivity contribution in [3.8, 4) is 0 Å². The zero-order valence-corrected chi connectivity index (χ0v) is 14.6. The van der Waals surface area contributed by atoms with Crippen molar-refractivity contribution in [2.24, 2.45) is 0 Å². The average molecular weight is 387 g/mol. The highest BCUT2D eigenvalue weighted by Crippen LogP contribution is 2.32. The number of nitrogens with one attached hydrogen (secondary N) is 1. The number of halogens is 2. The fourth-order valence-electron chi connectivity index (χ4n) is 2.62. The quantitative estimate of drug-likeness (QED) is 0.635. The van der Waals surface area contributed by atoms with Crippen molar-refractivity contribution in [2.45, 2.75) is 45.1 Å². The first-order valence-electron chi connectivity index (χ1n) is 7.09. The second-order valence-corrected chi connectivity index (χ2v) is 6.95. The molecule has 0 bridgehead atoms. The van der Waals surface area contributed by atoms with Gasteiger partial charge in [-0.1, -0.05) is 50.4 Å². The Bertz CT molecular complexity index is 434. The van der Waals surface area contributed by atoms with Crippen LogP contribution in [0.2, 0.25) is 0 Å². The predicted molar refractivity (Wildman–Crippen MR) is 89.4 cm³/mol. The minimum absolute atomic E-state index is 0.369. The number of allylic oxidation sites excluding steroid dienone is 1. The Labute approximate surface area is 133 Å². The van der Waals surface area contributed by atoms with Crippen LogP contribution in [0.15, 0.2) is 38.8 Å². The van der Waals surface area contributed by atoms with E-state index in [1.54, 1.807) is 5.57 Å². The monoisotopic (exact) mass is 385 g/mol. The third kappa shape index (κ3) is 4.44. The number of benzene rings is 1. The first-order chi connectivity index (χ1) is 9.20. The molecule has 0 aliphatic heterocycles. The lowest BCUT2D eigenvalue weighted by atomic mass is 9.90. The maximum absolute atomic E-state index is 3.70. The van der Waals surface area contributed by atoms with Crippen molar-refractivity contribution < 1.29 is 0 Å². The molecule has 0 saturated heterocycles. The van der Waals surface area contributed by atoms with Gasteiger partial charge in [0.05, 0.1) is 6.04 Å². The van der Waals surface area contributed by atoms with Crippen LogP contribution >= 0.6 is 31.9 Å². The number of rotatable bonds is 5. The lowest BCUT2D eigenvalue weighted by Gasteiger charge is -2.25. The van der Waals surface area contributed by atoms with Gasteiger partial charge in [0.15, 0.2) is 0 Å². The van der Waals surface area contributed by atoms with E-state index in [-0.39, 0.29) is 0 Å². The molecule has 0 heterocycles. The number of hydrogen-bond donors (Lipinski definition) is 1. The van der Waals surface area contributed by atoms with Crippen molar-refractivity contribution in [1.29, 1.82) is 0 Å². The fraction of sp³-hybridized carbons (Fsp3) is 0.500. The van der Waals surface area contributed by atoms with Gasteiger partial charge in [-0.2, -0.15) is 0 Å². The minimum Gasteiger partial charge on any atom is -0.307 e. The van der Waals surface area contributed by atoms with Gasteiger partial charge < -0.3 is 5.32 Å². The number of hydrogen-bond acceptors (Lipinski definition) is 1. The van der Waals surface area contributed by atoms with E-state index in [1.165, 1.54) is 37.7 Å². The summed E-state index contributed by atoms with van der Waals surface area (Å²) in [7, 11) is 0. The van der Waals surface area contributed by atoms with Crippen LogP contribution in [0.3, 0.4) is 0 Å². The van der Waals surface area contributed by atoms with Gasteiger partial charge in [0, 0.05) is 8.95 Å². The lowest BCUT2D eigenvalue weighted by molar-refractivity contribution is 0.546. The lowest BCUT2D eigenvalue weighted by Crippen LogP contribution is -2.24. The van der Waals surface area contributed by atoms with E-state index >= 15 is 0 Å². The summed E-state index contributed by atoms with van der Waals surface area (Å²) in [5, 5.41) is 3.70. The molecule has 1 N–H and O–H groups in total. The second-order valence-electron chi connectivity index (χ2n) is 5.11. The van der Waals surface area contributed by atoms with Gasteiger partial charge in [0.2, 0.25) is 0 Å². The van der Waals surface area contributed by atoms with Crippen LogP contribution in [-0.2, 0) is 0 Å². The van der Waals surface area contributed by atoms with Crippen LogP contribution in [-0.4, -0.2) is 6.54 Å². The van der Waals surface area contributed by atoms with E-state index in [0.717, 1.165) is 15.5 Å². The van der Waals surface area contributed by atoms with E-state index in [1.807, 2.05) is 0 Å². The van der Waals surface area contributed by atoms with Gasteiger partial charge in [-0.3, -0.25) is 0 Å². The summed E-state index contributed by atoms with van der Waals surface area (Å²) in [6, 6.07) is 6.92. The van der Waals surface area contributed by atoms with Crippen molar-refractivity contribution in [3.05, 3.63) is 44.4 Å². The normalized spacial score (nSPS) is 17.1. The van der Waals surface area contributed by atoms with Crippen LogP contribution in [0, 0.1) is 0 Å². The molecule has 3 heteroatoms. The molecule has 1 aliphatic carbocycles. The molecule has 1 atom stereocenters. The van der Waals surface area contributed by atoms with Crippen LogP contribution in [0.4, 0.5) is 0 Å². The Hall–Kier alpha value is -0.120. The third-order valence-corrected chi connectivity index (χ3v) is 4.43. The van der Waals surface area contributed by atoms with Gasteiger partial charge in [0.1, 0.15) is 0 Å². The Morgan fingerprint density at radius 3 is 2.47 bits per heavy atom. The van der Waals surface area contributed by atoms with Gasteiger partial charge in [-0.15, -0.1) is 0 Å². The molecule has 1 nitrogen and oxygen atoms in total. The predicted octanol–water partition coefficient (Wildman–Crippen LogP) is 5.75. The zero-order valence-electron chi connectivity index (χ0n) is 11.4. The molecule has 19 heavy (non-hydrogen) atoms. The summed E-state index contributed by atoms with van der Waals surface area (Å²) in [6.07, 6.45) is 8.72. The Morgan fingerprint density at radius 2 is 1.89 bits per heavy atom. The molecule has 0 fully saturated rings. The molecule has 0 spiro atoms. The topological polar surface area (TPSA) is 12.0 Å². The SMILES string of the molecule is CCCNC(C1=CCCCC1)c1cc(Br)cc(Br)c1. The van der Waals surface area contributed by atoms with Crippen LogP contribution in [0.5, 0.6) is 0 Å². The van der Waals surface area contributed by atoms with Crippen molar-refractivity contribution >= 4 is 31.9 Å². The van der Waals surface area contributed by atoms with Crippen LogP contribution in [0.25, 0.3) is 0 Å². The van der Waals surface area contributed by atoms with Gasteiger partial charge in [-0.25, -0.2) is 0 Å². The van der Waals surface area contributed by atoms with E-state index < -0.39 is 0 Å². The highest BCUT2D eigenvalue weighted by atomic mass is 79.9. The molecule has 104 valence electrons. The van der Waals surface area contributed by atoms with Crippen molar-refractivity contribution in [2.75, 3.05) is 6.54 Å². The zero-order chi connectivity index (χ0) is 13.7. The highest BCUT2D eigenvalue weighted by Gasteiger charge is 2.18. The molecule has 0 radical (unpaired) electrons. The van der Waals surface area contributed by atoms with Crippen molar-refractivity contribution in [3.63, 3.8) is 0 Å². The molecule has 1 aromatic carbocycles. The summed E-state index contributed by atoms with van der Waals surface area (Å²) in [5.74, 6) is 0. The van der Waals surface area contributed by atoms with Gasteiger partial charge in [0.25, 0.3) is 0 Å². The third-order valence-electron chi connectivity index (χ3n) is 3.51. The smallest absolute Gasteiger partial charge is 0.0536 e. The second kappa shape index (κ2) is 7.61. The molecular formula is C16H21Br2N. The van der Waals surface area contributed by atoms with Gasteiger partial charge in [-0.05, 0) is 62.4 Å². The first kappa shape index (κ1) is 15.3. The van der Waals surface area contributed by atoms with E-state index in [9.17, 15) is 0 Å². The molecule has 0 amide bonds. The molecule has 0 aromatic heterocycles. The average Bonchev–Trinajstić information content (AvgIpc) is 2.39. The summed E-state index contributed by atoms with van der Waals surface area (Å²) in [6.45, 7) is 3.28. The largest absolute Gasteiger partial charge is 0.307 e. The molecule has 1 aliphatic rings. The summed E-state index contributed by atoms with van der Waals surface area (Å²) >= 11 is 7.19. The molecule has 0 saturated carbocycles. The van der Waals surface area contributed by atoms with Crippen LogP contribution in [0.1, 0.15) is 50.6 Å². The Morgan fingerprint density at radius 1 is 1.16 bits per heavy atom. The molecule has 1 unspecified atom stereocenters. The van der Waals surface area contributed by atoms with Gasteiger partial charge >= 0.3 is 0 Å². The summed E-state index contributed by atoms with van der Waals surface area (Å²) < 4.78 is 2.27. The summed E-state index contributed by atoms with van der Waals surface area (Å²) in [5.41, 5.74) is 2.91. The van der Waals surface area contributed by atoms with E-state index in [2.05, 4.69) is 68.4 Å². The first-order valence-corrected chi connectivity index (χ1v) is 8.67. The summed E-state index contributed by atoms with van der Waals surface area (Å²) in [4.78, 5) is 0. The minimum atomic E-state index is 0.369. The van der Waals surface area contributed by atoms with E-state index in [4.69, 9.17) is 0 Å². The molecular weight excluding hydrogens is 366 g/mol. The highest BCUT2D eigenvalue weighted by molar-refractivity contribution is 9.11. The Kier molecular flexibility index (Phi) is 6.11. The maximum Gasteiger partial charge on any atom is 0.0536 e. The van der Waals surface area contributed by atoms with E-state index in [0.29, 0.717) is 6.04 Å². The van der Waals surface area contributed by atoms with Crippen molar-refractivity contribution in [1.82, 2.24) is 5.32 Å². The molecule has 2 rings (SSSR count).